The largest absolute Gasteiger partial charge is 0.376 e. The van der Waals surface area contributed by atoms with E-state index in [1.165, 1.54) is 0 Å². The van der Waals surface area contributed by atoms with E-state index in [4.69, 9.17) is 9.26 Å². The highest BCUT2D eigenvalue weighted by molar-refractivity contribution is 5.74. The van der Waals surface area contributed by atoms with E-state index in [0.717, 1.165) is 63.6 Å². The summed E-state index contributed by atoms with van der Waals surface area (Å²) < 4.78 is 10.6. The minimum atomic E-state index is 0.0208. The zero-order valence-electron chi connectivity index (χ0n) is 13.1. The first-order chi connectivity index (χ1) is 10.7. The third-order valence-electron chi connectivity index (χ3n) is 4.23. The summed E-state index contributed by atoms with van der Waals surface area (Å²) in [5.74, 6) is 0.835. The molecule has 1 N–H and O–H groups in total. The van der Waals surface area contributed by atoms with E-state index in [-0.39, 0.29) is 12.1 Å². The summed E-state index contributed by atoms with van der Waals surface area (Å²) in [6.07, 6.45) is 2.34. The second kappa shape index (κ2) is 7.11. The lowest BCUT2D eigenvalue weighted by Crippen LogP contribution is -2.52. The van der Waals surface area contributed by atoms with Crippen LogP contribution in [0, 0.1) is 6.92 Å². The molecule has 22 heavy (non-hydrogen) atoms. The second-order valence-electron chi connectivity index (χ2n) is 6.01. The molecule has 122 valence electrons. The molecule has 0 radical (unpaired) electrons. The summed E-state index contributed by atoms with van der Waals surface area (Å²) in [5.41, 5.74) is 0.953. The van der Waals surface area contributed by atoms with Crippen LogP contribution in [0.1, 0.15) is 24.3 Å². The van der Waals surface area contributed by atoms with Crippen molar-refractivity contribution >= 4 is 6.03 Å². The van der Waals surface area contributed by atoms with Gasteiger partial charge in [-0.3, -0.25) is 4.90 Å². The fourth-order valence-electron chi connectivity index (χ4n) is 2.95. The molecule has 2 aliphatic heterocycles. The Morgan fingerprint density at radius 2 is 2.23 bits per heavy atom. The summed E-state index contributed by atoms with van der Waals surface area (Å²) in [6.45, 7) is 7.33. The van der Waals surface area contributed by atoms with Crippen LogP contribution in [0.15, 0.2) is 10.6 Å². The van der Waals surface area contributed by atoms with Crippen molar-refractivity contribution in [2.75, 3.05) is 39.3 Å². The zero-order valence-corrected chi connectivity index (χ0v) is 13.1. The van der Waals surface area contributed by atoms with Gasteiger partial charge in [-0.15, -0.1) is 0 Å². The molecule has 0 bridgehead atoms. The molecule has 2 aliphatic rings. The highest BCUT2D eigenvalue weighted by atomic mass is 16.5. The smallest absolute Gasteiger partial charge is 0.317 e. The van der Waals surface area contributed by atoms with Gasteiger partial charge in [0, 0.05) is 51.9 Å². The van der Waals surface area contributed by atoms with Crippen LogP contribution in [0.4, 0.5) is 4.79 Å². The van der Waals surface area contributed by atoms with Crippen LogP contribution in [-0.4, -0.2) is 66.4 Å². The fourth-order valence-corrected chi connectivity index (χ4v) is 2.95. The number of nitrogens with zero attached hydrogens (tertiary/aromatic N) is 3. The third-order valence-corrected chi connectivity index (χ3v) is 4.23. The van der Waals surface area contributed by atoms with E-state index in [1.54, 1.807) is 0 Å². The van der Waals surface area contributed by atoms with Gasteiger partial charge < -0.3 is 19.5 Å². The molecule has 7 heteroatoms. The van der Waals surface area contributed by atoms with Crippen molar-refractivity contribution in [2.45, 2.75) is 32.4 Å². The second-order valence-corrected chi connectivity index (χ2v) is 6.01. The highest BCUT2D eigenvalue weighted by Gasteiger charge is 2.23. The van der Waals surface area contributed by atoms with Crippen molar-refractivity contribution in [2.24, 2.45) is 0 Å². The summed E-state index contributed by atoms with van der Waals surface area (Å²) in [7, 11) is 0. The molecule has 1 aromatic heterocycles. The van der Waals surface area contributed by atoms with Crippen LogP contribution in [0.3, 0.4) is 0 Å². The first-order valence-electron chi connectivity index (χ1n) is 7.99. The van der Waals surface area contributed by atoms with Crippen LogP contribution >= 0.6 is 0 Å². The molecule has 0 aliphatic carbocycles. The topological polar surface area (TPSA) is 70.8 Å². The molecule has 0 spiro atoms. The minimum Gasteiger partial charge on any atom is -0.376 e. The molecule has 0 saturated carbocycles. The Kier molecular flexibility index (Phi) is 4.94. The van der Waals surface area contributed by atoms with Crippen LogP contribution in [0.2, 0.25) is 0 Å². The number of urea groups is 1. The van der Waals surface area contributed by atoms with Gasteiger partial charge in [-0.25, -0.2) is 4.79 Å². The van der Waals surface area contributed by atoms with E-state index in [9.17, 15) is 4.79 Å². The van der Waals surface area contributed by atoms with Gasteiger partial charge >= 0.3 is 6.03 Å². The van der Waals surface area contributed by atoms with Crippen molar-refractivity contribution in [3.63, 3.8) is 0 Å². The number of carbonyl (C=O) groups is 1. The van der Waals surface area contributed by atoms with Gasteiger partial charge in [0.25, 0.3) is 0 Å². The average molecular weight is 308 g/mol. The first-order valence-corrected chi connectivity index (χ1v) is 7.99. The molecule has 3 rings (SSSR count). The van der Waals surface area contributed by atoms with Crippen molar-refractivity contribution in [1.82, 2.24) is 20.3 Å². The molecule has 2 saturated heterocycles. The summed E-state index contributed by atoms with van der Waals surface area (Å²) in [4.78, 5) is 16.3. The van der Waals surface area contributed by atoms with Crippen LogP contribution in [-0.2, 0) is 11.3 Å². The lowest BCUT2D eigenvalue weighted by Gasteiger charge is -2.34. The number of hydrogen-bond donors (Lipinski definition) is 1. The quantitative estimate of drug-likeness (QED) is 0.898. The van der Waals surface area contributed by atoms with E-state index in [2.05, 4.69) is 15.4 Å². The third kappa shape index (κ3) is 3.98. The number of amides is 2. The molecule has 2 amide bonds. The van der Waals surface area contributed by atoms with E-state index >= 15 is 0 Å². The normalized spacial score (nSPS) is 23.0. The number of hydrogen-bond acceptors (Lipinski definition) is 5. The first kappa shape index (κ1) is 15.3. The van der Waals surface area contributed by atoms with Crippen molar-refractivity contribution in [3.05, 3.63) is 17.5 Å². The Balaban J connectivity index is 1.38. The predicted octanol–water partition coefficient (Wildman–Crippen LogP) is 0.989. The summed E-state index contributed by atoms with van der Waals surface area (Å²) in [6, 6.07) is 1.98. The molecule has 3 heterocycles. The summed E-state index contributed by atoms with van der Waals surface area (Å²) in [5, 5.41) is 6.99. The van der Waals surface area contributed by atoms with Crippen molar-refractivity contribution in [3.8, 4) is 0 Å². The maximum absolute atomic E-state index is 12.1. The van der Waals surface area contributed by atoms with Gasteiger partial charge in [0.15, 0.2) is 0 Å². The monoisotopic (exact) mass is 308 g/mol. The Labute approximate surface area is 130 Å². The minimum absolute atomic E-state index is 0.0208. The standard InChI is InChI=1S/C15H24N4O3/c1-12-9-13(17-22-12)11-18-4-6-19(7-5-18)15(20)16-10-14-3-2-8-21-14/h9,14H,2-8,10-11H2,1H3,(H,16,20). The molecule has 2 fully saturated rings. The Morgan fingerprint density at radius 3 is 2.86 bits per heavy atom. The Hall–Kier alpha value is -1.60. The number of aromatic nitrogens is 1. The Morgan fingerprint density at radius 1 is 1.41 bits per heavy atom. The van der Waals surface area contributed by atoms with E-state index in [1.807, 2.05) is 17.9 Å². The number of ether oxygens (including phenoxy) is 1. The molecular formula is C15H24N4O3. The van der Waals surface area contributed by atoms with Crippen LogP contribution in [0.25, 0.3) is 0 Å². The molecular weight excluding hydrogens is 284 g/mol. The lowest BCUT2D eigenvalue weighted by atomic mass is 10.2. The van der Waals surface area contributed by atoms with Gasteiger partial charge in [-0.1, -0.05) is 5.16 Å². The fraction of sp³-hybridized carbons (Fsp3) is 0.733. The van der Waals surface area contributed by atoms with Crippen molar-refractivity contribution < 1.29 is 14.1 Å². The highest BCUT2D eigenvalue weighted by Crippen LogP contribution is 2.11. The molecule has 1 unspecified atom stereocenters. The van der Waals surface area contributed by atoms with Gasteiger partial charge in [0.1, 0.15) is 5.76 Å². The van der Waals surface area contributed by atoms with Gasteiger partial charge in [-0.05, 0) is 19.8 Å². The lowest BCUT2D eigenvalue weighted by molar-refractivity contribution is 0.103. The van der Waals surface area contributed by atoms with Crippen LogP contribution in [0.5, 0.6) is 0 Å². The van der Waals surface area contributed by atoms with E-state index in [0.29, 0.717) is 6.54 Å². The average Bonchev–Trinajstić information content (AvgIpc) is 3.17. The predicted molar refractivity (Wildman–Crippen MR) is 80.5 cm³/mol. The Bertz CT molecular complexity index is 491. The van der Waals surface area contributed by atoms with Crippen molar-refractivity contribution in [1.29, 1.82) is 0 Å². The SMILES string of the molecule is Cc1cc(CN2CCN(C(=O)NCC3CCCO3)CC2)no1. The maximum atomic E-state index is 12.1. The maximum Gasteiger partial charge on any atom is 0.317 e. The summed E-state index contributed by atoms with van der Waals surface area (Å²) >= 11 is 0. The molecule has 1 aromatic rings. The molecule has 0 aromatic carbocycles. The van der Waals surface area contributed by atoms with Gasteiger partial charge in [-0.2, -0.15) is 0 Å². The molecule has 7 nitrogen and oxygen atoms in total. The van der Waals surface area contributed by atoms with Crippen LogP contribution < -0.4 is 5.32 Å². The van der Waals surface area contributed by atoms with Gasteiger partial charge in [0.05, 0.1) is 11.8 Å². The zero-order chi connectivity index (χ0) is 15.4. The van der Waals surface area contributed by atoms with Gasteiger partial charge in [0.2, 0.25) is 0 Å². The number of aryl methyl sites for hydroxylation is 1. The number of nitrogens with one attached hydrogen (secondary N) is 1. The number of rotatable bonds is 4. The number of carbonyl (C=O) groups excluding carboxylic acids is 1. The number of piperazine rings is 1. The molecule has 1 atom stereocenters. The van der Waals surface area contributed by atoms with E-state index < -0.39 is 0 Å².